The first-order chi connectivity index (χ1) is 7.84. The molecule has 1 amide bonds. The highest BCUT2D eigenvalue weighted by atomic mass is 79.9. The number of amides is 1. The molecule has 0 fully saturated rings. The van der Waals surface area contributed by atoms with Gasteiger partial charge in [-0.2, -0.15) is 0 Å². The molecule has 0 atom stereocenters. The summed E-state index contributed by atoms with van der Waals surface area (Å²) in [6.45, 7) is 5.99. The smallest absolute Gasteiger partial charge is 0.225 e. The van der Waals surface area contributed by atoms with Gasteiger partial charge in [0.1, 0.15) is 0 Å². The summed E-state index contributed by atoms with van der Waals surface area (Å²) in [7, 11) is 0. The Morgan fingerprint density at radius 1 is 1.47 bits per heavy atom. The Morgan fingerprint density at radius 3 is 2.65 bits per heavy atom. The number of hydrogen-bond acceptors (Lipinski definition) is 4. The van der Waals surface area contributed by atoms with Gasteiger partial charge in [0.25, 0.3) is 0 Å². The summed E-state index contributed by atoms with van der Waals surface area (Å²) in [6, 6.07) is 0. The van der Waals surface area contributed by atoms with Crippen molar-refractivity contribution < 1.29 is 9.59 Å². The highest BCUT2D eigenvalue weighted by Gasteiger charge is 2.21. The molecule has 0 radical (unpaired) electrons. The zero-order valence-corrected chi connectivity index (χ0v) is 12.4. The van der Waals surface area contributed by atoms with Crippen LogP contribution < -0.4 is 5.32 Å². The maximum absolute atomic E-state index is 11.6. The molecule has 1 aromatic heterocycles. The molecule has 0 saturated carbocycles. The average Bonchev–Trinajstić information content (AvgIpc) is 2.72. The lowest BCUT2D eigenvalue weighted by Gasteiger charge is -2.16. The van der Waals surface area contributed by atoms with Crippen LogP contribution in [0.25, 0.3) is 0 Å². The number of rotatable bonds is 4. The quantitative estimate of drug-likeness (QED) is 0.685. The number of nitrogens with one attached hydrogen (secondary N) is 1. The van der Waals surface area contributed by atoms with Crippen molar-refractivity contribution in [2.24, 2.45) is 5.41 Å². The normalized spacial score (nSPS) is 11.3. The van der Waals surface area contributed by atoms with Crippen molar-refractivity contribution in [3.63, 3.8) is 0 Å². The lowest BCUT2D eigenvalue weighted by atomic mass is 9.96. The van der Waals surface area contributed by atoms with E-state index in [2.05, 4.69) is 26.2 Å². The second-order valence-corrected chi connectivity index (χ2v) is 6.30. The number of carbonyl (C=O) groups excluding carboxylic acids is 2. The number of halogens is 1. The molecule has 0 saturated heterocycles. The lowest BCUT2D eigenvalue weighted by molar-refractivity contribution is -0.128. The van der Waals surface area contributed by atoms with E-state index in [9.17, 15) is 9.59 Å². The summed E-state index contributed by atoms with van der Waals surface area (Å²) < 4.78 is 0. The third kappa shape index (κ3) is 4.20. The molecule has 0 aliphatic carbocycles. The predicted molar refractivity (Wildman–Crippen MR) is 71.5 cm³/mol. The van der Waals surface area contributed by atoms with E-state index in [1.165, 1.54) is 11.3 Å². The molecule has 17 heavy (non-hydrogen) atoms. The minimum atomic E-state index is -0.404. The highest BCUT2D eigenvalue weighted by Crippen LogP contribution is 2.16. The average molecular weight is 319 g/mol. The number of thiazole rings is 1. The fraction of sp³-hybridized carbons (Fsp3) is 0.545. The third-order valence-corrected chi connectivity index (χ3v) is 3.57. The zero-order valence-electron chi connectivity index (χ0n) is 10.0. The van der Waals surface area contributed by atoms with Gasteiger partial charge in [0.05, 0.1) is 11.9 Å². The van der Waals surface area contributed by atoms with Gasteiger partial charge in [-0.15, -0.1) is 11.3 Å². The van der Waals surface area contributed by atoms with Crippen LogP contribution in [0.1, 0.15) is 35.5 Å². The molecule has 0 unspecified atom stereocenters. The fourth-order valence-electron chi connectivity index (χ4n) is 1.01. The second kappa shape index (κ2) is 5.73. The van der Waals surface area contributed by atoms with Crippen LogP contribution in [0.4, 0.5) is 0 Å². The van der Waals surface area contributed by atoms with Gasteiger partial charge >= 0.3 is 0 Å². The first kappa shape index (κ1) is 14.3. The molecule has 1 aromatic rings. The van der Waals surface area contributed by atoms with E-state index in [4.69, 9.17) is 0 Å². The highest BCUT2D eigenvalue weighted by molar-refractivity contribution is 9.09. The van der Waals surface area contributed by atoms with Gasteiger partial charge in [-0.25, -0.2) is 4.98 Å². The van der Waals surface area contributed by atoms with Crippen LogP contribution in [-0.4, -0.2) is 22.0 Å². The van der Waals surface area contributed by atoms with Gasteiger partial charge < -0.3 is 5.32 Å². The third-order valence-electron chi connectivity index (χ3n) is 2.02. The molecule has 0 aromatic carbocycles. The zero-order chi connectivity index (χ0) is 13.1. The van der Waals surface area contributed by atoms with Crippen LogP contribution in [0.2, 0.25) is 0 Å². The van der Waals surface area contributed by atoms with Crippen molar-refractivity contribution >= 4 is 39.0 Å². The molecule has 0 bridgehead atoms. The first-order valence-electron chi connectivity index (χ1n) is 5.16. The molecule has 1 heterocycles. The van der Waals surface area contributed by atoms with Crippen LogP contribution >= 0.6 is 27.3 Å². The molecular formula is C11H15BrN2O2S. The van der Waals surface area contributed by atoms with Crippen molar-refractivity contribution in [1.29, 1.82) is 0 Å². The Kier molecular flexibility index (Phi) is 4.82. The lowest BCUT2D eigenvalue weighted by Crippen LogP contribution is -2.34. The molecule has 1 rings (SSSR count). The van der Waals surface area contributed by atoms with Crippen LogP contribution in [0, 0.1) is 5.41 Å². The van der Waals surface area contributed by atoms with E-state index in [1.807, 2.05) is 20.8 Å². The summed E-state index contributed by atoms with van der Waals surface area (Å²) in [5, 5.41) is 3.56. The van der Waals surface area contributed by atoms with E-state index in [0.29, 0.717) is 11.6 Å². The predicted octanol–water partition coefficient (Wildman–Crippen LogP) is 2.38. The van der Waals surface area contributed by atoms with Crippen molar-refractivity contribution in [2.45, 2.75) is 27.3 Å². The van der Waals surface area contributed by atoms with Crippen molar-refractivity contribution in [3.05, 3.63) is 16.1 Å². The van der Waals surface area contributed by atoms with Gasteiger partial charge in [-0.1, -0.05) is 36.7 Å². The number of aromatic nitrogens is 1. The van der Waals surface area contributed by atoms with Crippen LogP contribution in [-0.2, 0) is 11.3 Å². The number of alkyl halides is 1. The number of nitrogens with zero attached hydrogens (tertiary/aromatic N) is 1. The van der Waals surface area contributed by atoms with E-state index in [1.54, 1.807) is 6.20 Å². The summed E-state index contributed by atoms with van der Waals surface area (Å²) in [5.74, 6) is -0.0531. The topological polar surface area (TPSA) is 59.1 Å². The molecule has 4 nitrogen and oxygen atoms in total. The minimum Gasteiger partial charge on any atom is -0.351 e. The Morgan fingerprint density at radius 2 is 2.12 bits per heavy atom. The first-order valence-corrected chi connectivity index (χ1v) is 7.10. The van der Waals surface area contributed by atoms with Gasteiger partial charge in [-0.05, 0) is 0 Å². The van der Waals surface area contributed by atoms with Gasteiger partial charge in [0.15, 0.2) is 5.01 Å². The fourth-order valence-corrected chi connectivity index (χ4v) is 2.25. The Bertz CT molecular complexity index is 423. The number of Topliss-reactive ketones (excluding diaryl/α,β-unsaturated/α-hetero) is 1. The Labute approximate surface area is 113 Å². The Balaban J connectivity index is 2.56. The minimum absolute atomic E-state index is 0.0146. The molecule has 0 aliphatic heterocycles. The summed E-state index contributed by atoms with van der Waals surface area (Å²) in [4.78, 5) is 27.9. The molecule has 94 valence electrons. The van der Waals surface area contributed by atoms with Crippen LogP contribution in [0.3, 0.4) is 0 Å². The molecule has 1 N–H and O–H groups in total. The number of carbonyl (C=O) groups is 2. The molecule has 6 heteroatoms. The summed E-state index contributed by atoms with van der Waals surface area (Å²) >= 11 is 4.41. The van der Waals surface area contributed by atoms with Gasteiger partial charge in [-0.3, -0.25) is 9.59 Å². The van der Waals surface area contributed by atoms with Crippen LogP contribution in [0.5, 0.6) is 0 Å². The van der Waals surface area contributed by atoms with E-state index in [0.717, 1.165) is 4.88 Å². The van der Waals surface area contributed by atoms with Crippen molar-refractivity contribution in [2.75, 3.05) is 5.33 Å². The Hall–Kier alpha value is -0.750. The van der Waals surface area contributed by atoms with Gasteiger partial charge in [0.2, 0.25) is 11.7 Å². The van der Waals surface area contributed by atoms with Crippen molar-refractivity contribution in [3.8, 4) is 0 Å². The summed E-state index contributed by atoms with van der Waals surface area (Å²) in [6.07, 6.45) is 1.63. The van der Waals surface area contributed by atoms with Gasteiger partial charge in [0, 0.05) is 16.5 Å². The SMILES string of the molecule is CC(C)(C)C(=O)NCc1cnc(C(=O)CBr)s1. The molecular weight excluding hydrogens is 304 g/mol. The summed E-state index contributed by atoms with van der Waals surface area (Å²) in [5.41, 5.74) is -0.404. The maximum Gasteiger partial charge on any atom is 0.225 e. The van der Waals surface area contributed by atoms with Crippen LogP contribution in [0.15, 0.2) is 6.20 Å². The van der Waals surface area contributed by atoms with Crippen molar-refractivity contribution in [1.82, 2.24) is 10.3 Å². The second-order valence-electron chi connectivity index (χ2n) is 4.62. The standard InChI is InChI=1S/C11H15BrN2O2S/c1-11(2,3)10(16)14-6-7-5-13-9(17-7)8(15)4-12/h5H,4,6H2,1-3H3,(H,14,16). The molecule has 0 aliphatic rings. The largest absolute Gasteiger partial charge is 0.351 e. The molecule has 0 spiro atoms. The number of hydrogen-bond donors (Lipinski definition) is 1. The van der Waals surface area contributed by atoms with E-state index in [-0.39, 0.29) is 17.0 Å². The monoisotopic (exact) mass is 318 g/mol. The number of ketones is 1. The maximum atomic E-state index is 11.6. The van der Waals surface area contributed by atoms with E-state index >= 15 is 0 Å². The van der Waals surface area contributed by atoms with E-state index < -0.39 is 5.41 Å².